The predicted octanol–water partition coefficient (Wildman–Crippen LogP) is 2.88. The molecule has 1 aromatic carbocycles. The molecule has 0 N–H and O–H groups in total. The van der Waals surface area contributed by atoms with Crippen LogP contribution in [0.5, 0.6) is 0 Å². The molecule has 84 valence electrons. The number of carbonyl (C=O) groups excluding carboxylic acids is 1. The van der Waals surface area contributed by atoms with E-state index >= 15 is 0 Å². The van der Waals surface area contributed by atoms with E-state index in [0.717, 1.165) is 24.8 Å². The van der Waals surface area contributed by atoms with Crippen LogP contribution in [0.1, 0.15) is 24.8 Å². The normalized spacial score (nSPS) is 19.8. The first kappa shape index (κ1) is 10.9. The molecule has 1 aromatic rings. The lowest BCUT2D eigenvalue weighted by Gasteiger charge is -2.10. The van der Waals surface area contributed by atoms with Gasteiger partial charge in [-0.2, -0.15) is 0 Å². The molecule has 1 saturated carbocycles. The Bertz CT molecular complexity index is 381. The molecule has 0 saturated heterocycles. The van der Waals surface area contributed by atoms with E-state index in [9.17, 15) is 4.79 Å². The topological polar surface area (TPSA) is 26.3 Å². The molecular weight excluding hydrogens is 200 g/mol. The van der Waals surface area contributed by atoms with Crippen LogP contribution >= 0.6 is 0 Å². The van der Waals surface area contributed by atoms with Gasteiger partial charge in [-0.15, -0.1) is 0 Å². The molecule has 0 amide bonds. The monoisotopic (exact) mass is 216 g/mol. The van der Waals surface area contributed by atoms with E-state index in [1.807, 2.05) is 30.3 Å². The molecule has 0 aliphatic heterocycles. The minimum atomic E-state index is -0.133. The highest BCUT2D eigenvalue weighted by atomic mass is 16.5. The van der Waals surface area contributed by atoms with Crippen LogP contribution in [-0.2, 0) is 16.0 Å². The van der Waals surface area contributed by atoms with Crippen molar-refractivity contribution >= 4 is 5.97 Å². The van der Waals surface area contributed by atoms with Crippen molar-refractivity contribution in [1.82, 2.24) is 0 Å². The van der Waals surface area contributed by atoms with Crippen LogP contribution in [0.3, 0.4) is 0 Å². The first-order valence-corrected chi connectivity index (χ1v) is 5.64. The number of carbonyl (C=O) groups is 1. The van der Waals surface area contributed by atoms with Crippen LogP contribution in [0.15, 0.2) is 42.5 Å². The summed E-state index contributed by atoms with van der Waals surface area (Å²) in [7, 11) is 0. The van der Waals surface area contributed by atoms with Gasteiger partial charge in [0.2, 0.25) is 0 Å². The third-order valence-corrected chi connectivity index (χ3v) is 2.83. The molecule has 0 unspecified atom stereocenters. The van der Waals surface area contributed by atoms with E-state index in [-0.39, 0.29) is 12.1 Å². The summed E-state index contributed by atoms with van der Waals surface area (Å²) >= 11 is 0. The third kappa shape index (κ3) is 2.96. The van der Waals surface area contributed by atoms with E-state index in [4.69, 9.17) is 4.74 Å². The molecule has 1 fully saturated rings. The average Bonchev–Trinajstić information content (AvgIpc) is 2.65. The highest BCUT2D eigenvalue weighted by Gasteiger charge is 2.21. The lowest BCUT2D eigenvalue weighted by Crippen LogP contribution is -2.16. The summed E-state index contributed by atoms with van der Waals surface area (Å²) in [6.45, 7) is 3.90. The smallest absolute Gasteiger partial charge is 0.310 e. The van der Waals surface area contributed by atoms with Gasteiger partial charge in [-0.1, -0.05) is 42.5 Å². The lowest BCUT2D eigenvalue weighted by atomic mass is 10.1. The van der Waals surface area contributed by atoms with Crippen LogP contribution in [-0.4, -0.2) is 12.1 Å². The molecule has 0 heterocycles. The van der Waals surface area contributed by atoms with E-state index in [1.54, 1.807) is 0 Å². The van der Waals surface area contributed by atoms with Gasteiger partial charge in [0.25, 0.3) is 0 Å². The van der Waals surface area contributed by atoms with Crippen molar-refractivity contribution in [2.75, 3.05) is 0 Å². The zero-order chi connectivity index (χ0) is 11.4. The van der Waals surface area contributed by atoms with Crippen LogP contribution in [0.2, 0.25) is 0 Å². The molecule has 2 rings (SSSR count). The maximum Gasteiger partial charge on any atom is 0.310 e. The Hall–Kier alpha value is -1.57. The largest absolute Gasteiger partial charge is 0.462 e. The second-order valence-electron chi connectivity index (χ2n) is 4.27. The molecule has 2 heteroatoms. The van der Waals surface area contributed by atoms with Gasteiger partial charge >= 0.3 is 5.97 Å². The number of hydrogen-bond acceptors (Lipinski definition) is 2. The van der Waals surface area contributed by atoms with Crippen LogP contribution in [0.25, 0.3) is 0 Å². The number of ether oxygens (including phenoxy) is 1. The minimum absolute atomic E-state index is 0.0590. The fourth-order valence-corrected chi connectivity index (χ4v) is 1.98. The Morgan fingerprint density at radius 1 is 1.38 bits per heavy atom. The van der Waals surface area contributed by atoms with Gasteiger partial charge in [0.15, 0.2) is 0 Å². The summed E-state index contributed by atoms with van der Waals surface area (Å²) < 4.78 is 5.39. The van der Waals surface area contributed by atoms with Crippen molar-refractivity contribution in [1.29, 1.82) is 0 Å². The Balaban J connectivity index is 1.83. The van der Waals surface area contributed by atoms with Gasteiger partial charge in [0.1, 0.15) is 6.10 Å². The summed E-state index contributed by atoms with van der Waals surface area (Å²) in [5, 5.41) is 0. The molecule has 0 radical (unpaired) electrons. The van der Waals surface area contributed by atoms with Crippen molar-refractivity contribution in [3.63, 3.8) is 0 Å². The second-order valence-corrected chi connectivity index (χ2v) is 4.27. The van der Waals surface area contributed by atoms with Crippen LogP contribution in [0.4, 0.5) is 0 Å². The summed E-state index contributed by atoms with van der Waals surface area (Å²) in [6, 6.07) is 9.68. The van der Waals surface area contributed by atoms with Gasteiger partial charge in [-0.05, 0) is 18.4 Å². The SMILES string of the molecule is C=C1CC[C@H](OC(=O)Cc2ccccc2)C1. The first-order valence-electron chi connectivity index (χ1n) is 5.64. The van der Waals surface area contributed by atoms with Gasteiger partial charge in [0.05, 0.1) is 6.42 Å². The van der Waals surface area contributed by atoms with Gasteiger partial charge in [-0.3, -0.25) is 4.79 Å². The predicted molar refractivity (Wildman–Crippen MR) is 63.0 cm³/mol. The minimum Gasteiger partial charge on any atom is -0.462 e. The molecule has 0 bridgehead atoms. The second kappa shape index (κ2) is 4.97. The van der Waals surface area contributed by atoms with E-state index in [2.05, 4.69) is 6.58 Å². The molecular formula is C14H16O2. The fourth-order valence-electron chi connectivity index (χ4n) is 1.98. The maximum atomic E-state index is 11.6. The molecule has 1 atom stereocenters. The summed E-state index contributed by atoms with van der Waals surface area (Å²) in [5.74, 6) is -0.133. The number of rotatable bonds is 3. The standard InChI is InChI=1S/C14H16O2/c1-11-7-8-13(9-11)16-14(15)10-12-5-3-2-4-6-12/h2-6,13H,1,7-10H2/t13-/m0/s1. The van der Waals surface area contributed by atoms with Crippen molar-refractivity contribution in [3.8, 4) is 0 Å². The molecule has 16 heavy (non-hydrogen) atoms. The Labute approximate surface area is 95.9 Å². The summed E-state index contributed by atoms with van der Waals surface area (Å²) in [4.78, 5) is 11.6. The molecule has 1 aliphatic carbocycles. The van der Waals surface area contributed by atoms with E-state index in [1.165, 1.54) is 5.57 Å². The van der Waals surface area contributed by atoms with Gasteiger partial charge in [0, 0.05) is 6.42 Å². The highest BCUT2D eigenvalue weighted by molar-refractivity contribution is 5.72. The molecule has 0 aromatic heterocycles. The van der Waals surface area contributed by atoms with Crippen molar-refractivity contribution in [2.24, 2.45) is 0 Å². The van der Waals surface area contributed by atoms with Crippen molar-refractivity contribution in [3.05, 3.63) is 48.0 Å². The van der Waals surface area contributed by atoms with E-state index < -0.39 is 0 Å². The number of esters is 1. The summed E-state index contributed by atoms with van der Waals surface area (Å²) in [5.41, 5.74) is 2.20. The lowest BCUT2D eigenvalue weighted by molar-refractivity contribution is -0.147. The quantitative estimate of drug-likeness (QED) is 0.573. The van der Waals surface area contributed by atoms with Crippen LogP contribution in [0, 0.1) is 0 Å². The highest BCUT2D eigenvalue weighted by Crippen LogP contribution is 2.25. The molecule has 2 nitrogen and oxygen atoms in total. The zero-order valence-electron chi connectivity index (χ0n) is 9.32. The number of hydrogen-bond donors (Lipinski definition) is 0. The first-order chi connectivity index (χ1) is 7.74. The van der Waals surface area contributed by atoms with E-state index in [0.29, 0.717) is 6.42 Å². The van der Waals surface area contributed by atoms with Gasteiger partial charge in [-0.25, -0.2) is 0 Å². The fraction of sp³-hybridized carbons (Fsp3) is 0.357. The van der Waals surface area contributed by atoms with Crippen molar-refractivity contribution < 1.29 is 9.53 Å². The average molecular weight is 216 g/mol. The van der Waals surface area contributed by atoms with Crippen LogP contribution < -0.4 is 0 Å². The number of benzene rings is 1. The Kier molecular flexibility index (Phi) is 3.40. The Morgan fingerprint density at radius 3 is 2.75 bits per heavy atom. The molecule has 1 aliphatic rings. The maximum absolute atomic E-state index is 11.6. The van der Waals surface area contributed by atoms with Gasteiger partial charge < -0.3 is 4.74 Å². The Morgan fingerprint density at radius 2 is 2.12 bits per heavy atom. The molecule has 0 spiro atoms. The third-order valence-electron chi connectivity index (χ3n) is 2.83. The van der Waals surface area contributed by atoms with Crippen molar-refractivity contribution in [2.45, 2.75) is 31.8 Å². The zero-order valence-corrected chi connectivity index (χ0v) is 9.32. The summed E-state index contributed by atoms with van der Waals surface area (Å²) in [6.07, 6.45) is 3.18.